The van der Waals surface area contributed by atoms with E-state index in [0.29, 0.717) is 5.75 Å². The fourth-order valence-corrected chi connectivity index (χ4v) is 5.06. The molecule has 0 spiro atoms. The number of H-pyrrole nitrogens is 1. The summed E-state index contributed by atoms with van der Waals surface area (Å²) in [6.45, 7) is 5.86. The van der Waals surface area contributed by atoms with E-state index in [-0.39, 0.29) is 12.3 Å². The summed E-state index contributed by atoms with van der Waals surface area (Å²) >= 11 is 0. The SMILES string of the molecule is COCP(=O)(N[C@](C)(C(=O)O)C(C)C)Oc1cccc2[nH]cc(CCN(C)C)c12. The van der Waals surface area contributed by atoms with Gasteiger partial charge in [-0.2, -0.15) is 0 Å². The third-order valence-electron chi connectivity index (χ3n) is 5.12. The molecular weight excluding hydrogens is 393 g/mol. The number of benzene rings is 1. The van der Waals surface area contributed by atoms with Crippen molar-refractivity contribution in [3.63, 3.8) is 0 Å². The number of carboxylic acids is 1. The molecule has 0 bridgehead atoms. The first-order valence-electron chi connectivity index (χ1n) is 9.56. The summed E-state index contributed by atoms with van der Waals surface area (Å²) in [5, 5.41) is 13.3. The van der Waals surface area contributed by atoms with E-state index in [2.05, 4.69) is 15.0 Å². The Morgan fingerprint density at radius 1 is 1.38 bits per heavy atom. The standard InChI is InChI=1S/C20H32N3O5P/c1-14(2)20(3,19(24)25)22-29(26,13-27-6)28-17-9-7-8-16-18(17)15(12-21-16)10-11-23(4)5/h7-9,12,14,21H,10-11,13H2,1-6H3,(H,22,26)(H,24,25)/t20-,29?/m0/s1. The van der Waals surface area contributed by atoms with Crippen molar-refractivity contribution >= 4 is 24.4 Å². The second-order valence-corrected chi connectivity index (χ2v) is 10.0. The van der Waals surface area contributed by atoms with Gasteiger partial charge >= 0.3 is 13.5 Å². The van der Waals surface area contributed by atoms with Gasteiger partial charge in [0.2, 0.25) is 0 Å². The highest BCUT2D eigenvalue weighted by Gasteiger charge is 2.44. The molecule has 1 heterocycles. The van der Waals surface area contributed by atoms with Crippen LogP contribution in [0.5, 0.6) is 5.75 Å². The Balaban J connectivity index is 2.44. The molecule has 162 valence electrons. The average molecular weight is 425 g/mol. The third-order valence-corrected chi connectivity index (χ3v) is 7.02. The fourth-order valence-electron chi connectivity index (χ4n) is 3.02. The number of hydrogen-bond donors (Lipinski definition) is 3. The summed E-state index contributed by atoms with van der Waals surface area (Å²) in [7, 11) is 1.72. The number of nitrogens with one attached hydrogen (secondary N) is 2. The number of ether oxygens (including phenoxy) is 1. The van der Waals surface area contributed by atoms with Crippen molar-refractivity contribution in [3.8, 4) is 5.75 Å². The Morgan fingerprint density at radius 2 is 2.07 bits per heavy atom. The lowest BCUT2D eigenvalue weighted by Gasteiger charge is -2.34. The van der Waals surface area contributed by atoms with Crippen LogP contribution in [0.1, 0.15) is 26.3 Å². The maximum atomic E-state index is 13.6. The molecule has 9 heteroatoms. The topological polar surface area (TPSA) is 104 Å². The zero-order valence-corrected chi connectivity index (χ0v) is 18.9. The quantitative estimate of drug-likeness (QED) is 0.473. The Hall–Kier alpha value is -1.86. The second kappa shape index (κ2) is 9.30. The van der Waals surface area contributed by atoms with Crippen molar-refractivity contribution in [2.24, 2.45) is 5.92 Å². The van der Waals surface area contributed by atoms with Crippen LogP contribution in [0.25, 0.3) is 10.9 Å². The molecule has 0 aliphatic heterocycles. The predicted octanol–water partition coefficient (Wildman–Crippen LogP) is 3.54. The lowest BCUT2D eigenvalue weighted by atomic mass is 9.90. The fraction of sp³-hybridized carbons (Fsp3) is 0.550. The van der Waals surface area contributed by atoms with Gasteiger partial charge in [-0.3, -0.25) is 9.36 Å². The number of aliphatic carboxylic acids is 1. The normalized spacial score (nSPS) is 16.1. The number of methoxy groups -OCH3 is 1. The molecular formula is C20H32N3O5P. The van der Waals surface area contributed by atoms with E-state index in [1.54, 1.807) is 26.0 Å². The molecule has 0 saturated heterocycles. The largest absolute Gasteiger partial charge is 0.480 e. The number of likely N-dealkylation sites (N-methyl/N-ethyl adjacent to an activating group) is 1. The number of nitrogens with zero attached hydrogens (tertiary/aromatic N) is 1. The zero-order valence-electron chi connectivity index (χ0n) is 18.0. The van der Waals surface area contributed by atoms with Crippen LogP contribution in [0, 0.1) is 5.92 Å². The first kappa shape index (κ1) is 23.4. The Kier molecular flexibility index (Phi) is 7.51. The number of rotatable bonds is 11. The smallest absolute Gasteiger partial charge is 0.342 e. The number of carboxylic acid groups (broad SMARTS) is 1. The number of carbonyl (C=O) groups is 1. The van der Waals surface area contributed by atoms with Crippen molar-refractivity contribution in [1.82, 2.24) is 15.0 Å². The Labute approximate surface area is 172 Å². The van der Waals surface area contributed by atoms with Crippen LogP contribution >= 0.6 is 7.52 Å². The van der Waals surface area contributed by atoms with Crippen LogP contribution in [-0.4, -0.2) is 60.6 Å². The molecule has 1 aromatic carbocycles. The van der Waals surface area contributed by atoms with E-state index >= 15 is 0 Å². The predicted molar refractivity (Wildman–Crippen MR) is 115 cm³/mol. The minimum absolute atomic E-state index is 0.254. The molecule has 1 aromatic heterocycles. The molecule has 0 amide bonds. The molecule has 2 aromatic rings. The zero-order chi connectivity index (χ0) is 21.8. The minimum atomic E-state index is -3.69. The third kappa shape index (κ3) is 5.39. The van der Waals surface area contributed by atoms with E-state index < -0.39 is 19.0 Å². The molecule has 0 fully saturated rings. The van der Waals surface area contributed by atoms with Crippen LogP contribution in [0.15, 0.2) is 24.4 Å². The van der Waals surface area contributed by atoms with Gasteiger partial charge in [0.05, 0.1) is 0 Å². The Bertz CT molecular complexity index is 895. The van der Waals surface area contributed by atoms with E-state index in [1.807, 2.05) is 26.4 Å². The van der Waals surface area contributed by atoms with Crippen molar-refractivity contribution in [3.05, 3.63) is 30.0 Å². The van der Waals surface area contributed by atoms with Crippen molar-refractivity contribution in [2.45, 2.75) is 32.7 Å². The number of fused-ring (bicyclic) bond motifs is 1. The lowest BCUT2D eigenvalue weighted by molar-refractivity contribution is -0.145. The van der Waals surface area contributed by atoms with Gasteiger partial charge in [0.1, 0.15) is 17.6 Å². The van der Waals surface area contributed by atoms with Gasteiger partial charge < -0.3 is 24.3 Å². The molecule has 3 N–H and O–H groups in total. The molecule has 0 aliphatic rings. The van der Waals surface area contributed by atoms with Crippen molar-refractivity contribution in [2.75, 3.05) is 34.1 Å². The van der Waals surface area contributed by atoms with Gasteiger partial charge in [0.25, 0.3) is 0 Å². The van der Waals surface area contributed by atoms with Gasteiger partial charge in [0.15, 0.2) is 0 Å². The first-order chi connectivity index (χ1) is 13.5. The van der Waals surface area contributed by atoms with Gasteiger partial charge in [-0.15, -0.1) is 0 Å². The summed E-state index contributed by atoms with van der Waals surface area (Å²) in [6, 6.07) is 5.47. The highest BCUT2D eigenvalue weighted by Crippen LogP contribution is 2.48. The second-order valence-electron chi connectivity index (χ2n) is 8.00. The van der Waals surface area contributed by atoms with Crippen LogP contribution < -0.4 is 9.61 Å². The molecule has 0 aliphatic carbocycles. The molecule has 0 saturated carbocycles. The monoisotopic (exact) mass is 425 g/mol. The van der Waals surface area contributed by atoms with E-state index in [1.165, 1.54) is 14.0 Å². The molecule has 2 atom stereocenters. The maximum absolute atomic E-state index is 13.6. The van der Waals surface area contributed by atoms with Gasteiger partial charge in [-0.25, -0.2) is 5.09 Å². The number of aromatic nitrogens is 1. The van der Waals surface area contributed by atoms with E-state index in [9.17, 15) is 14.5 Å². The van der Waals surface area contributed by atoms with Gasteiger partial charge in [0, 0.05) is 30.8 Å². The van der Waals surface area contributed by atoms with Gasteiger partial charge in [-0.05, 0) is 51.1 Å². The Morgan fingerprint density at radius 3 is 2.62 bits per heavy atom. The summed E-state index contributed by atoms with van der Waals surface area (Å²) < 4.78 is 24.7. The molecule has 8 nitrogen and oxygen atoms in total. The first-order valence-corrected chi connectivity index (χ1v) is 11.4. The highest BCUT2D eigenvalue weighted by molar-refractivity contribution is 7.57. The molecule has 1 unspecified atom stereocenters. The molecule has 0 radical (unpaired) electrons. The van der Waals surface area contributed by atoms with Gasteiger partial charge in [-0.1, -0.05) is 19.9 Å². The maximum Gasteiger partial charge on any atom is 0.342 e. The van der Waals surface area contributed by atoms with Crippen molar-refractivity contribution < 1.29 is 23.7 Å². The van der Waals surface area contributed by atoms with Crippen molar-refractivity contribution in [1.29, 1.82) is 0 Å². The van der Waals surface area contributed by atoms with Crippen LogP contribution in [-0.2, 0) is 20.5 Å². The van der Waals surface area contributed by atoms with Crippen LogP contribution in [0.3, 0.4) is 0 Å². The van der Waals surface area contributed by atoms with E-state index in [0.717, 1.165) is 29.4 Å². The molecule has 2 rings (SSSR count). The summed E-state index contributed by atoms with van der Waals surface area (Å²) in [5.74, 6) is -0.992. The van der Waals surface area contributed by atoms with Crippen LogP contribution in [0.4, 0.5) is 0 Å². The lowest BCUT2D eigenvalue weighted by Crippen LogP contribution is -2.52. The van der Waals surface area contributed by atoms with E-state index in [4.69, 9.17) is 9.26 Å². The summed E-state index contributed by atoms with van der Waals surface area (Å²) in [5.41, 5.74) is 0.469. The summed E-state index contributed by atoms with van der Waals surface area (Å²) in [6.07, 6.45) is 2.45. The number of hydrogen-bond acceptors (Lipinski definition) is 5. The summed E-state index contributed by atoms with van der Waals surface area (Å²) in [4.78, 5) is 17.2. The average Bonchev–Trinajstić information content (AvgIpc) is 3.03. The highest BCUT2D eigenvalue weighted by atomic mass is 31.2. The number of aromatic amines is 1. The molecule has 29 heavy (non-hydrogen) atoms. The minimum Gasteiger partial charge on any atom is -0.480 e. The van der Waals surface area contributed by atoms with Crippen LogP contribution in [0.2, 0.25) is 0 Å².